The van der Waals surface area contributed by atoms with Crippen molar-refractivity contribution in [3.63, 3.8) is 0 Å². The van der Waals surface area contributed by atoms with Crippen molar-refractivity contribution in [2.24, 2.45) is 5.92 Å². The van der Waals surface area contributed by atoms with Gasteiger partial charge in [-0.3, -0.25) is 4.79 Å². The maximum absolute atomic E-state index is 12.4. The minimum atomic E-state index is -0.265. The summed E-state index contributed by atoms with van der Waals surface area (Å²) >= 11 is 9.41. The Morgan fingerprint density at radius 3 is 2.75 bits per heavy atom. The molecule has 2 rings (SSSR count). The molecular formula is C15H19BrClNO2. The van der Waals surface area contributed by atoms with Crippen LogP contribution in [-0.4, -0.2) is 21.9 Å². The zero-order valence-corrected chi connectivity index (χ0v) is 13.8. The minimum Gasteiger partial charge on any atom is -0.507 e. The molecular weight excluding hydrogens is 342 g/mol. The Labute approximate surface area is 132 Å². The molecule has 0 radical (unpaired) electrons. The Balaban J connectivity index is 2.15. The molecule has 0 aromatic heterocycles. The molecule has 0 aliphatic heterocycles. The van der Waals surface area contributed by atoms with Crippen molar-refractivity contribution < 1.29 is 9.90 Å². The van der Waals surface area contributed by atoms with Crippen LogP contribution in [0.1, 0.15) is 43.0 Å². The number of rotatable bonds is 3. The summed E-state index contributed by atoms with van der Waals surface area (Å²) in [6.45, 7) is 2.24. The number of benzene rings is 1. The maximum atomic E-state index is 12.4. The second-order valence-corrected chi connectivity index (χ2v) is 6.71. The van der Waals surface area contributed by atoms with Crippen LogP contribution in [0.3, 0.4) is 0 Å². The first kappa shape index (κ1) is 15.6. The minimum absolute atomic E-state index is 0.0409. The molecule has 20 heavy (non-hydrogen) atoms. The lowest BCUT2D eigenvalue weighted by Crippen LogP contribution is -2.52. The number of phenols is 1. The van der Waals surface area contributed by atoms with Gasteiger partial charge in [0.05, 0.1) is 11.1 Å². The van der Waals surface area contributed by atoms with Crippen molar-refractivity contribution in [3.05, 3.63) is 28.8 Å². The summed E-state index contributed by atoms with van der Waals surface area (Å²) in [5, 5.41) is 14.0. The van der Waals surface area contributed by atoms with E-state index in [0.717, 1.165) is 31.0 Å². The lowest BCUT2D eigenvalue weighted by molar-refractivity contribution is 0.0871. The van der Waals surface area contributed by atoms with Crippen LogP contribution < -0.4 is 5.32 Å². The number of carbonyl (C=O) groups is 1. The van der Waals surface area contributed by atoms with Crippen molar-refractivity contribution in [2.45, 2.75) is 38.1 Å². The van der Waals surface area contributed by atoms with Gasteiger partial charge < -0.3 is 10.4 Å². The van der Waals surface area contributed by atoms with Gasteiger partial charge in [-0.05, 0) is 49.8 Å². The van der Waals surface area contributed by atoms with Gasteiger partial charge >= 0.3 is 0 Å². The molecule has 0 heterocycles. The molecule has 0 atom stereocenters. The van der Waals surface area contributed by atoms with Crippen molar-refractivity contribution in [2.75, 3.05) is 5.33 Å². The van der Waals surface area contributed by atoms with Gasteiger partial charge in [-0.25, -0.2) is 0 Å². The third-order valence-corrected chi connectivity index (χ3v) is 5.38. The molecule has 0 unspecified atom stereocenters. The van der Waals surface area contributed by atoms with E-state index in [4.69, 9.17) is 11.6 Å². The summed E-state index contributed by atoms with van der Waals surface area (Å²) in [5.41, 5.74) is 0.00896. The molecule has 2 N–H and O–H groups in total. The fraction of sp³-hybridized carbons (Fsp3) is 0.533. The molecule has 3 nitrogen and oxygen atoms in total. The van der Waals surface area contributed by atoms with Crippen LogP contribution in [0.15, 0.2) is 18.2 Å². The van der Waals surface area contributed by atoms with Crippen LogP contribution in [0.25, 0.3) is 0 Å². The first-order chi connectivity index (χ1) is 9.46. The highest BCUT2D eigenvalue weighted by atomic mass is 79.9. The number of amides is 1. The van der Waals surface area contributed by atoms with Crippen molar-refractivity contribution in [3.8, 4) is 5.75 Å². The average molecular weight is 361 g/mol. The second-order valence-electron chi connectivity index (χ2n) is 5.71. The third-order valence-electron chi connectivity index (χ3n) is 4.07. The lowest BCUT2D eigenvalue weighted by Gasteiger charge is -2.39. The first-order valence-electron chi connectivity index (χ1n) is 6.83. The van der Waals surface area contributed by atoms with Gasteiger partial charge in [-0.2, -0.15) is 0 Å². The van der Waals surface area contributed by atoms with Gasteiger partial charge in [0.1, 0.15) is 5.75 Å². The number of hydrogen-bond acceptors (Lipinski definition) is 2. The van der Waals surface area contributed by atoms with Gasteiger partial charge in [-0.15, -0.1) is 0 Å². The number of carbonyl (C=O) groups excluding carboxylic acids is 1. The molecule has 1 fully saturated rings. The number of halogens is 2. The predicted octanol–water partition coefficient (Wildman–Crippen LogP) is 4.12. The summed E-state index contributed by atoms with van der Waals surface area (Å²) in [5.74, 6) is 0.401. The third kappa shape index (κ3) is 3.47. The topological polar surface area (TPSA) is 49.3 Å². The monoisotopic (exact) mass is 359 g/mol. The fourth-order valence-corrected chi connectivity index (χ4v) is 3.48. The standard InChI is InChI=1S/C15H19BrClNO2/c1-10-4-6-15(9-16,7-5-10)18-14(20)12-8-11(17)2-3-13(12)19/h2-3,8,10,19H,4-7,9H2,1H3,(H,18,20). The smallest absolute Gasteiger partial charge is 0.255 e. The Hall–Kier alpha value is -0.740. The molecule has 1 aliphatic carbocycles. The Morgan fingerprint density at radius 2 is 2.15 bits per heavy atom. The van der Waals surface area contributed by atoms with E-state index in [0.29, 0.717) is 10.9 Å². The highest BCUT2D eigenvalue weighted by Crippen LogP contribution is 2.34. The number of nitrogens with one attached hydrogen (secondary N) is 1. The van der Waals surface area contributed by atoms with Gasteiger partial charge in [0, 0.05) is 10.4 Å². The van der Waals surface area contributed by atoms with Gasteiger partial charge in [0.15, 0.2) is 0 Å². The summed E-state index contributed by atoms with van der Waals surface area (Å²) in [4.78, 5) is 12.4. The van der Waals surface area contributed by atoms with Gasteiger partial charge in [-0.1, -0.05) is 34.5 Å². The molecule has 110 valence electrons. The predicted molar refractivity (Wildman–Crippen MR) is 84.7 cm³/mol. The Kier molecular flexibility index (Phi) is 4.97. The van der Waals surface area contributed by atoms with E-state index < -0.39 is 0 Å². The maximum Gasteiger partial charge on any atom is 0.255 e. The first-order valence-corrected chi connectivity index (χ1v) is 8.33. The number of aromatic hydroxyl groups is 1. The van der Waals surface area contributed by atoms with E-state index in [-0.39, 0.29) is 22.8 Å². The van der Waals surface area contributed by atoms with Crippen LogP contribution in [0, 0.1) is 5.92 Å². The van der Waals surface area contributed by atoms with E-state index >= 15 is 0 Å². The van der Waals surface area contributed by atoms with E-state index in [9.17, 15) is 9.90 Å². The molecule has 5 heteroatoms. The van der Waals surface area contributed by atoms with Crippen LogP contribution in [-0.2, 0) is 0 Å². The zero-order valence-electron chi connectivity index (χ0n) is 11.5. The molecule has 1 aromatic rings. The SMILES string of the molecule is CC1CCC(CBr)(NC(=O)c2cc(Cl)ccc2O)CC1. The van der Waals surface area contributed by atoms with E-state index in [1.165, 1.54) is 12.1 Å². The second kappa shape index (κ2) is 6.35. The van der Waals surface area contributed by atoms with Crippen molar-refractivity contribution >= 4 is 33.4 Å². The van der Waals surface area contributed by atoms with Gasteiger partial charge in [0.2, 0.25) is 0 Å². The molecule has 1 aliphatic rings. The molecule has 0 spiro atoms. The number of phenolic OH excluding ortho intramolecular Hbond substituents is 1. The van der Waals surface area contributed by atoms with Crippen molar-refractivity contribution in [1.29, 1.82) is 0 Å². The van der Waals surface area contributed by atoms with Crippen LogP contribution in [0.4, 0.5) is 0 Å². The molecule has 0 bridgehead atoms. The molecule has 0 saturated heterocycles. The summed E-state index contributed by atoms with van der Waals surface area (Å²) in [6, 6.07) is 4.51. The highest BCUT2D eigenvalue weighted by Gasteiger charge is 2.35. The summed E-state index contributed by atoms with van der Waals surface area (Å²) in [6.07, 6.45) is 4.11. The molecule has 1 aromatic carbocycles. The Morgan fingerprint density at radius 1 is 1.50 bits per heavy atom. The highest BCUT2D eigenvalue weighted by molar-refractivity contribution is 9.09. The van der Waals surface area contributed by atoms with E-state index in [2.05, 4.69) is 28.2 Å². The van der Waals surface area contributed by atoms with E-state index in [1.807, 2.05) is 0 Å². The van der Waals surface area contributed by atoms with Crippen LogP contribution >= 0.6 is 27.5 Å². The van der Waals surface area contributed by atoms with Crippen LogP contribution in [0.2, 0.25) is 5.02 Å². The molecule has 1 amide bonds. The lowest BCUT2D eigenvalue weighted by atomic mass is 9.78. The largest absolute Gasteiger partial charge is 0.507 e. The summed E-state index contributed by atoms with van der Waals surface area (Å²) in [7, 11) is 0. The average Bonchev–Trinajstić information content (AvgIpc) is 2.44. The van der Waals surface area contributed by atoms with Crippen molar-refractivity contribution in [1.82, 2.24) is 5.32 Å². The summed E-state index contributed by atoms with van der Waals surface area (Å²) < 4.78 is 0. The van der Waals surface area contributed by atoms with E-state index in [1.54, 1.807) is 6.07 Å². The zero-order chi connectivity index (χ0) is 14.8. The molecule has 1 saturated carbocycles. The number of hydrogen-bond donors (Lipinski definition) is 2. The van der Waals surface area contributed by atoms with Crippen LogP contribution in [0.5, 0.6) is 5.75 Å². The number of alkyl halides is 1. The Bertz CT molecular complexity index is 499. The quantitative estimate of drug-likeness (QED) is 0.797. The fourth-order valence-electron chi connectivity index (χ4n) is 2.61. The normalized spacial score (nSPS) is 26.2. The van der Waals surface area contributed by atoms with Gasteiger partial charge in [0.25, 0.3) is 5.91 Å².